The van der Waals surface area contributed by atoms with Crippen molar-refractivity contribution in [1.82, 2.24) is 14.5 Å². The molecular weight excluding hydrogens is 258 g/mol. The number of methoxy groups -OCH3 is 1. The highest BCUT2D eigenvalue weighted by atomic mass is 16.5. The minimum absolute atomic E-state index is 0.224. The van der Waals surface area contributed by atoms with E-state index < -0.39 is 0 Å². The van der Waals surface area contributed by atoms with Gasteiger partial charge >= 0.3 is 5.69 Å². The van der Waals surface area contributed by atoms with Gasteiger partial charge in [-0.15, -0.1) is 0 Å². The zero-order valence-corrected chi connectivity index (χ0v) is 11.5. The van der Waals surface area contributed by atoms with E-state index in [-0.39, 0.29) is 11.2 Å². The monoisotopic (exact) mass is 275 g/mol. The molecule has 1 aliphatic rings. The van der Waals surface area contributed by atoms with Crippen molar-refractivity contribution in [2.24, 2.45) is 13.0 Å². The summed E-state index contributed by atoms with van der Waals surface area (Å²) in [6.07, 6.45) is 0. The van der Waals surface area contributed by atoms with E-state index in [9.17, 15) is 9.59 Å². The van der Waals surface area contributed by atoms with Crippen LogP contribution in [0.3, 0.4) is 0 Å². The summed E-state index contributed by atoms with van der Waals surface area (Å²) in [6, 6.07) is 5.17. The Bertz CT molecular complexity index is 772. The molecule has 1 aromatic heterocycles. The van der Waals surface area contributed by atoms with Gasteiger partial charge in [0.2, 0.25) is 0 Å². The predicted molar refractivity (Wildman–Crippen MR) is 76.4 cm³/mol. The van der Waals surface area contributed by atoms with Crippen LogP contribution in [0.5, 0.6) is 5.75 Å². The second kappa shape index (κ2) is 4.79. The Morgan fingerprint density at radius 2 is 2.10 bits per heavy atom. The lowest BCUT2D eigenvalue weighted by atomic mass is 10.0. The first-order chi connectivity index (χ1) is 9.61. The van der Waals surface area contributed by atoms with Gasteiger partial charge in [0, 0.05) is 38.7 Å². The number of nitrogens with one attached hydrogen (secondary N) is 1. The highest BCUT2D eigenvalue weighted by Crippen LogP contribution is 2.16. The lowest BCUT2D eigenvalue weighted by Crippen LogP contribution is -2.49. The molecule has 1 aromatic carbocycles. The molecule has 106 valence electrons. The zero-order valence-electron chi connectivity index (χ0n) is 11.5. The second-order valence-corrected chi connectivity index (χ2v) is 5.16. The molecule has 1 N–H and O–H groups in total. The molecule has 0 unspecified atom stereocenters. The Labute approximate surface area is 115 Å². The van der Waals surface area contributed by atoms with Crippen molar-refractivity contribution < 1.29 is 4.74 Å². The molecule has 6 heteroatoms. The standard InChI is InChI=1S/C14H17N3O3/c1-16-12-5-10(20-2)3-4-11(12)13(18)17(14(16)19)8-9-6-15-7-9/h3-5,9,15H,6-8H2,1-2H3. The van der Waals surface area contributed by atoms with Crippen molar-refractivity contribution in [2.75, 3.05) is 20.2 Å². The highest BCUT2D eigenvalue weighted by Gasteiger charge is 2.20. The molecule has 2 heterocycles. The van der Waals surface area contributed by atoms with E-state index >= 15 is 0 Å². The first kappa shape index (κ1) is 12.9. The van der Waals surface area contributed by atoms with Crippen molar-refractivity contribution in [2.45, 2.75) is 6.54 Å². The van der Waals surface area contributed by atoms with Crippen LogP contribution in [0.25, 0.3) is 10.9 Å². The summed E-state index contributed by atoms with van der Waals surface area (Å²) < 4.78 is 7.98. The van der Waals surface area contributed by atoms with E-state index in [1.54, 1.807) is 32.4 Å². The van der Waals surface area contributed by atoms with Gasteiger partial charge < -0.3 is 10.1 Å². The fourth-order valence-electron chi connectivity index (χ4n) is 2.51. The van der Waals surface area contributed by atoms with E-state index in [2.05, 4.69) is 5.32 Å². The topological polar surface area (TPSA) is 65.3 Å². The first-order valence-electron chi connectivity index (χ1n) is 6.60. The molecule has 6 nitrogen and oxygen atoms in total. The van der Waals surface area contributed by atoms with E-state index in [1.165, 1.54) is 9.13 Å². The molecule has 0 amide bonds. The molecule has 0 bridgehead atoms. The van der Waals surface area contributed by atoms with Gasteiger partial charge in [0.25, 0.3) is 5.56 Å². The molecule has 0 radical (unpaired) electrons. The fourth-order valence-corrected chi connectivity index (χ4v) is 2.51. The molecular formula is C14H17N3O3. The summed E-state index contributed by atoms with van der Waals surface area (Å²) in [6.45, 7) is 2.19. The number of hydrogen-bond donors (Lipinski definition) is 1. The lowest BCUT2D eigenvalue weighted by molar-refractivity contribution is 0.298. The number of rotatable bonds is 3. The summed E-state index contributed by atoms with van der Waals surface area (Å²) >= 11 is 0. The Hall–Kier alpha value is -2.08. The van der Waals surface area contributed by atoms with E-state index in [1.807, 2.05) is 0 Å². The summed E-state index contributed by atoms with van der Waals surface area (Å²) in [5, 5.41) is 3.69. The third kappa shape index (κ3) is 1.92. The SMILES string of the molecule is COc1ccc2c(=O)n(CC3CNC3)c(=O)n(C)c2c1. The van der Waals surface area contributed by atoms with Crippen LogP contribution in [0.4, 0.5) is 0 Å². The number of ether oxygens (including phenoxy) is 1. The van der Waals surface area contributed by atoms with E-state index in [0.717, 1.165) is 13.1 Å². The smallest absolute Gasteiger partial charge is 0.331 e. The summed E-state index contributed by atoms with van der Waals surface area (Å²) in [7, 11) is 3.24. The zero-order chi connectivity index (χ0) is 14.3. The first-order valence-corrected chi connectivity index (χ1v) is 6.60. The van der Waals surface area contributed by atoms with Crippen LogP contribution in [0.1, 0.15) is 0 Å². The van der Waals surface area contributed by atoms with Gasteiger partial charge in [-0.25, -0.2) is 4.79 Å². The van der Waals surface area contributed by atoms with Crippen LogP contribution in [0.2, 0.25) is 0 Å². The molecule has 20 heavy (non-hydrogen) atoms. The van der Waals surface area contributed by atoms with Gasteiger partial charge in [-0.2, -0.15) is 0 Å². The molecule has 0 atom stereocenters. The molecule has 3 rings (SSSR count). The minimum Gasteiger partial charge on any atom is -0.497 e. The molecule has 0 aliphatic carbocycles. The van der Waals surface area contributed by atoms with Crippen molar-refractivity contribution in [3.05, 3.63) is 39.0 Å². The number of nitrogens with zero attached hydrogens (tertiary/aromatic N) is 2. The fraction of sp³-hybridized carbons (Fsp3) is 0.429. The van der Waals surface area contributed by atoms with Gasteiger partial charge in [-0.05, 0) is 12.1 Å². The average Bonchev–Trinajstić information content (AvgIpc) is 2.42. The summed E-state index contributed by atoms with van der Waals surface area (Å²) in [5.74, 6) is 0.990. The quantitative estimate of drug-likeness (QED) is 0.851. The average molecular weight is 275 g/mol. The Balaban J connectivity index is 2.22. The maximum atomic E-state index is 12.5. The molecule has 2 aromatic rings. The molecule has 1 fully saturated rings. The molecule has 1 aliphatic heterocycles. The largest absolute Gasteiger partial charge is 0.497 e. The van der Waals surface area contributed by atoms with Gasteiger partial charge in [0.1, 0.15) is 5.75 Å². The molecule has 1 saturated heterocycles. The predicted octanol–water partition coefficient (Wildman–Crippen LogP) is -0.0718. The van der Waals surface area contributed by atoms with Gasteiger partial charge in [-0.1, -0.05) is 0 Å². The lowest BCUT2D eigenvalue weighted by Gasteiger charge is -2.27. The van der Waals surface area contributed by atoms with E-state index in [0.29, 0.717) is 29.1 Å². The van der Waals surface area contributed by atoms with Crippen molar-refractivity contribution >= 4 is 10.9 Å². The number of fused-ring (bicyclic) bond motifs is 1. The summed E-state index contributed by atoms with van der Waals surface area (Å²) in [5.41, 5.74) is 0.0997. The third-order valence-corrected chi connectivity index (χ3v) is 3.87. The maximum Gasteiger partial charge on any atom is 0.331 e. The minimum atomic E-state index is -0.275. The van der Waals surface area contributed by atoms with Gasteiger partial charge in [-0.3, -0.25) is 13.9 Å². The third-order valence-electron chi connectivity index (χ3n) is 3.87. The second-order valence-electron chi connectivity index (χ2n) is 5.16. The van der Waals surface area contributed by atoms with Crippen LogP contribution < -0.4 is 21.3 Å². The van der Waals surface area contributed by atoms with Crippen LogP contribution >= 0.6 is 0 Å². The van der Waals surface area contributed by atoms with E-state index in [4.69, 9.17) is 4.74 Å². The Kier molecular flexibility index (Phi) is 3.10. The van der Waals surface area contributed by atoms with Crippen molar-refractivity contribution in [3.8, 4) is 5.75 Å². The maximum absolute atomic E-state index is 12.5. The normalized spacial score (nSPS) is 15.3. The highest BCUT2D eigenvalue weighted by molar-refractivity contribution is 5.79. The Morgan fingerprint density at radius 3 is 2.70 bits per heavy atom. The molecule has 0 saturated carbocycles. The van der Waals surface area contributed by atoms with Crippen molar-refractivity contribution in [3.63, 3.8) is 0 Å². The number of hydrogen-bond acceptors (Lipinski definition) is 4. The molecule has 0 spiro atoms. The number of benzene rings is 1. The van der Waals surface area contributed by atoms with Gasteiger partial charge in [0.05, 0.1) is 18.0 Å². The van der Waals surface area contributed by atoms with Crippen LogP contribution in [0.15, 0.2) is 27.8 Å². The van der Waals surface area contributed by atoms with Crippen LogP contribution in [0, 0.1) is 5.92 Å². The van der Waals surface area contributed by atoms with Crippen molar-refractivity contribution in [1.29, 1.82) is 0 Å². The van der Waals surface area contributed by atoms with Crippen LogP contribution in [-0.4, -0.2) is 29.3 Å². The Morgan fingerprint density at radius 1 is 1.35 bits per heavy atom. The summed E-state index contributed by atoms with van der Waals surface area (Å²) in [4.78, 5) is 24.8. The van der Waals surface area contributed by atoms with Crippen LogP contribution in [-0.2, 0) is 13.6 Å². The number of aromatic nitrogens is 2. The number of aryl methyl sites for hydroxylation is 1. The van der Waals surface area contributed by atoms with Gasteiger partial charge in [0.15, 0.2) is 0 Å².